The predicted octanol–water partition coefficient (Wildman–Crippen LogP) is 5.03. The zero-order valence-electron chi connectivity index (χ0n) is 11.1. The highest BCUT2D eigenvalue weighted by atomic mass is 35.5. The fourth-order valence-corrected chi connectivity index (χ4v) is 2.14. The van der Waals surface area contributed by atoms with Crippen molar-refractivity contribution in [2.24, 2.45) is 0 Å². The number of rotatable bonds is 6. The molecule has 0 fully saturated rings. The molecule has 1 N–H and O–H groups in total. The van der Waals surface area contributed by atoms with E-state index in [-0.39, 0.29) is 12.5 Å². The first-order valence-corrected chi connectivity index (χ1v) is 6.77. The van der Waals surface area contributed by atoms with Crippen LogP contribution in [0.2, 0.25) is 5.02 Å². The zero-order chi connectivity index (χ0) is 14.5. The molecule has 0 bridgehead atoms. The average Bonchev–Trinajstić information content (AvgIpc) is 2.30. The Hall–Kier alpha value is -0.740. The van der Waals surface area contributed by atoms with E-state index in [1.54, 1.807) is 6.07 Å². The molecule has 1 rings (SSSR count). The highest BCUT2D eigenvalue weighted by Crippen LogP contribution is 2.28. The van der Waals surface area contributed by atoms with Crippen LogP contribution in [0.15, 0.2) is 18.2 Å². The molecule has 1 atom stereocenters. The largest absolute Gasteiger partial charge is 0.389 e. The Morgan fingerprint density at radius 2 is 2.00 bits per heavy atom. The van der Waals surface area contributed by atoms with Crippen molar-refractivity contribution in [2.75, 3.05) is 6.54 Å². The van der Waals surface area contributed by atoms with Crippen molar-refractivity contribution in [2.45, 2.75) is 45.3 Å². The van der Waals surface area contributed by atoms with Gasteiger partial charge in [0, 0.05) is 17.5 Å². The smallest absolute Gasteiger partial charge is 0.310 e. The van der Waals surface area contributed by atoms with Gasteiger partial charge in [-0.2, -0.15) is 13.2 Å². The Morgan fingerprint density at radius 3 is 2.53 bits per heavy atom. The van der Waals surface area contributed by atoms with Crippen molar-refractivity contribution in [3.8, 4) is 0 Å². The van der Waals surface area contributed by atoms with Crippen LogP contribution in [0, 0.1) is 6.92 Å². The monoisotopic (exact) mass is 293 g/mol. The Balaban J connectivity index is 2.68. The van der Waals surface area contributed by atoms with Crippen LogP contribution >= 0.6 is 11.6 Å². The van der Waals surface area contributed by atoms with Gasteiger partial charge in [-0.05, 0) is 43.5 Å². The van der Waals surface area contributed by atoms with Crippen LogP contribution in [-0.4, -0.2) is 12.7 Å². The second-order valence-corrected chi connectivity index (χ2v) is 5.03. The summed E-state index contributed by atoms with van der Waals surface area (Å²) in [6.07, 6.45) is -4.22. The standard InChI is InChI=1S/C14H19ClF3N/c1-3-19-13(5-4-8-14(16,17)18)11-6-7-12(15)10(2)9-11/h6-7,9,13,19H,3-5,8H2,1-2H3. The Morgan fingerprint density at radius 1 is 1.32 bits per heavy atom. The second kappa shape index (κ2) is 7.15. The van der Waals surface area contributed by atoms with E-state index >= 15 is 0 Å². The van der Waals surface area contributed by atoms with Crippen LogP contribution in [0.3, 0.4) is 0 Å². The minimum atomic E-state index is -4.08. The number of nitrogens with one attached hydrogen (secondary N) is 1. The minimum Gasteiger partial charge on any atom is -0.310 e. The van der Waals surface area contributed by atoms with E-state index in [1.807, 2.05) is 26.0 Å². The van der Waals surface area contributed by atoms with Crippen LogP contribution in [-0.2, 0) is 0 Å². The van der Waals surface area contributed by atoms with Crippen molar-refractivity contribution < 1.29 is 13.2 Å². The van der Waals surface area contributed by atoms with Crippen LogP contribution < -0.4 is 5.32 Å². The lowest BCUT2D eigenvalue weighted by atomic mass is 9.99. The number of benzene rings is 1. The van der Waals surface area contributed by atoms with Crippen molar-refractivity contribution in [3.05, 3.63) is 34.3 Å². The maximum Gasteiger partial charge on any atom is 0.389 e. The Labute approximate surface area is 117 Å². The number of hydrogen-bond acceptors (Lipinski definition) is 1. The van der Waals surface area contributed by atoms with Crippen molar-refractivity contribution in [3.63, 3.8) is 0 Å². The third-order valence-electron chi connectivity index (χ3n) is 2.99. The molecular formula is C14H19ClF3N. The number of halogens is 4. The van der Waals surface area contributed by atoms with Crippen molar-refractivity contribution in [1.82, 2.24) is 5.32 Å². The van der Waals surface area contributed by atoms with Gasteiger partial charge in [0.15, 0.2) is 0 Å². The molecule has 108 valence electrons. The molecule has 1 aromatic carbocycles. The van der Waals surface area contributed by atoms with E-state index in [4.69, 9.17) is 11.6 Å². The summed E-state index contributed by atoms with van der Waals surface area (Å²) in [5.41, 5.74) is 1.93. The topological polar surface area (TPSA) is 12.0 Å². The van der Waals surface area contributed by atoms with Gasteiger partial charge < -0.3 is 5.32 Å². The van der Waals surface area contributed by atoms with Gasteiger partial charge in [-0.1, -0.05) is 30.7 Å². The molecule has 0 saturated carbocycles. The first-order chi connectivity index (χ1) is 8.83. The Bertz CT molecular complexity index is 404. The molecule has 19 heavy (non-hydrogen) atoms. The summed E-state index contributed by atoms with van der Waals surface area (Å²) >= 11 is 5.96. The van der Waals surface area contributed by atoms with Gasteiger partial charge in [0.05, 0.1) is 0 Å². The molecule has 0 saturated heterocycles. The third kappa shape index (κ3) is 5.83. The lowest BCUT2D eigenvalue weighted by Gasteiger charge is -2.19. The molecule has 5 heteroatoms. The normalized spacial score (nSPS) is 13.6. The highest BCUT2D eigenvalue weighted by molar-refractivity contribution is 6.31. The lowest BCUT2D eigenvalue weighted by Crippen LogP contribution is -2.21. The minimum absolute atomic E-state index is 0.0525. The fraction of sp³-hybridized carbons (Fsp3) is 0.571. The molecule has 0 aliphatic carbocycles. The lowest BCUT2D eigenvalue weighted by molar-refractivity contribution is -0.135. The third-order valence-corrected chi connectivity index (χ3v) is 3.41. The quantitative estimate of drug-likeness (QED) is 0.775. The van der Waals surface area contributed by atoms with Gasteiger partial charge in [-0.3, -0.25) is 0 Å². The molecule has 0 aliphatic heterocycles. The SMILES string of the molecule is CCNC(CCCC(F)(F)F)c1ccc(Cl)c(C)c1. The van der Waals surface area contributed by atoms with E-state index in [0.717, 1.165) is 17.7 Å². The van der Waals surface area contributed by atoms with Gasteiger partial charge in [0.1, 0.15) is 0 Å². The number of hydrogen-bond donors (Lipinski definition) is 1. The van der Waals surface area contributed by atoms with Gasteiger partial charge in [-0.15, -0.1) is 0 Å². The molecule has 1 nitrogen and oxygen atoms in total. The Kier molecular flexibility index (Phi) is 6.14. The summed E-state index contributed by atoms with van der Waals surface area (Å²) in [4.78, 5) is 0. The summed E-state index contributed by atoms with van der Waals surface area (Å²) in [5, 5.41) is 3.90. The highest BCUT2D eigenvalue weighted by Gasteiger charge is 2.26. The van der Waals surface area contributed by atoms with E-state index < -0.39 is 12.6 Å². The van der Waals surface area contributed by atoms with Crippen molar-refractivity contribution in [1.29, 1.82) is 0 Å². The fourth-order valence-electron chi connectivity index (χ4n) is 2.02. The van der Waals surface area contributed by atoms with Crippen molar-refractivity contribution >= 4 is 11.6 Å². The summed E-state index contributed by atoms with van der Waals surface area (Å²) in [6.45, 7) is 4.56. The molecule has 1 aromatic rings. The molecule has 0 spiro atoms. The summed E-state index contributed by atoms with van der Waals surface area (Å²) in [6, 6.07) is 5.54. The van der Waals surface area contributed by atoms with Gasteiger partial charge in [-0.25, -0.2) is 0 Å². The van der Waals surface area contributed by atoms with Crippen LogP contribution in [0.5, 0.6) is 0 Å². The van der Waals surface area contributed by atoms with E-state index in [1.165, 1.54) is 0 Å². The molecular weight excluding hydrogens is 275 g/mol. The van der Waals surface area contributed by atoms with E-state index in [2.05, 4.69) is 5.32 Å². The average molecular weight is 294 g/mol. The maximum absolute atomic E-state index is 12.2. The maximum atomic E-state index is 12.2. The summed E-state index contributed by atoms with van der Waals surface area (Å²) in [7, 11) is 0. The van der Waals surface area contributed by atoms with Gasteiger partial charge in [0.2, 0.25) is 0 Å². The number of alkyl halides is 3. The van der Waals surface area contributed by atoms with Gasteiger partial charge >= 0.3 is 6.18 Å². The summed E-state index contributed by atoms with van der Waals surface area (Å²) < 4.78 is 36.5. The molecule has 1 unspecified atom stereocenters. The number of aryl methyl sites for hydroxylation is 1. The van der Waals surface area contributed by atoms with E-state index in [0.29, 0.717) is 11.4 Å². The second-order valence-electron chi connectivity index (χ2n) is 4.63. The molecule has 0 aromatic heterocycles. The molecule has 0 heterocycles. The van der Waals surface area contributed by atoms with Crippen LogP contribution in [0.1, 0.15) is 43.4 Å². The van der Waals surface area contributed by atoms with Crippen LogP contribution in [0.25, 0.3) is 0 Å². The zero-order valence-corrected chi connectivity index (χ0v) is 11.9. The molecule has 0 aliphatic rings. The summed E-state index contributed by atoms with van der Waals surface area (Å²) in [5.74, 6) is 0. The van der Waals surface area contributed by atoms with E-state index in [9.17, 15) is 13.2 Å². The van der Waals surface area contributed by atoms with Gasteiger partial charge in [0.25, 0.3) is 0 Å². The first kappa shape index (κ1) is 16.3. The van der Waals surface area contributed by atoms with Crippen LogP contribution in [0.4, 0.5) is 13.2 Å². The first-order valence-electron chi connectivity index (χ1n) is 6.39. The molecule has 0 amide bonds. The molecule has 0 radical (unpaired) electrons. The predicted molar refractivity (Wildman–Crippen MR) is 72.5 cm³/mol.